The fraction of sp³-hybridized carbons (Fsp3) is 0.385. The fourth-order valence-electron chi connectivity index (χ4n) is 1.95. The summed E-state index contributed by atoms with van der Waals surface area (Å²) in [7, 11) is 0. The lowest BCUT2D eigenvalue weighted by Gasteiger charge is -2.12. The van der Waals surface area contributed by atoms with Gasteiger partial charge in [0, 0.05) is 13.2 Å². The van der Waals surface area contributed by atoms with E-state index in [1.165, 1.54) is 12.1 Å². The number of benzene rings is 1. The maximum atomic E-state index is 11.6. The van der Waals surface area contributed by atoms with E-state index < -0.39 is 12.0 Å². The third-order valence-electron chi connectivity index (χ3n) is 3.01. The predicted molar refractivity (Wildman–Crippen MR) is 71.1 cm³/mol. The zero-order chi connectivity index (χ0) is 14.5. The van der Waals surface area contributed by atoms with Crippen molar-refractivity contribution in [3.63, 3.8) is 0 Å². The molecule has 1 aromatic rings. The Kier molecular flexibility index (Phi) is 4.41. The molecule has 4 N–H and O–H groups in total. The van der Waals surface area contributed by atoms with Crippen molar-refractivity contribution in [2.75, 3.05) is 18.5 Å². The summed E-state index contributed by atoms with van der Waals surface area (Å²) in [5, 5.41) is 23.5. The molecule has 1 heterocycles. The molecule has 0 radical (unpaired) electrons. The van der Waals surface area contributed by atoms with E-state index in [0.717, 1.165) is 18.9 Å². The van der Waals surface area contributed by atoms with E-state index >= 15 is 0 Å². The molecule has 0 aliphatic carbocycles. The summed E-state index contributed by atoms with van der Waals surface area (Å²) in [6.45, 7) is 1.12. The minimum Gasteiger partial charge on any atom is -0.506 e. The number of amides is 2. The summed E-state index contributed by atoms with van der Waals surface area (Å²) in [5.74, 6) is -1.44. The number of aromatic carboxylic acids is 1. The zero-order valence-electron chi connectivity index (χ0n) is 10.8. The number of carboxylic acids is 1. The van der Waals surface area contributed by atoms with Crippen LogP contribution in [0.1, 0.15) is 23.2 Å². The lowest BCUT2D eigenvalue weighted by Crippen LogP contribution is -2.35. The van der Waals surface area contributed by atoms with E-state index in [2.05, 4.69) is 10.6 Å². The number of aromatic hydroxyl groups is 1. The highest BCUT2D eigenvalue weighted by atomic mass is 16.5. The van der Waals surface area contributed by atoms with Crippen LogP contribution in [-0.4, -0.2) is 41.5 Å². The number of hydrogen-bond acceptors (Lipinski definition) is 4. The van der Waals surface area contributed by atoms with Crippen LogP contribution in [0, 0.1) is 0 Å². The maximum absolute atomic E-state index is 11.6. The number of nitrogens with one attached hydrogen (secondary N) is 2. The standard InChI is InChI=1S/C13H16N2O5/c16-11-6-8(12(17)18)3-4-10(11)15-13(19)14-7-9-2-1-5-20-9/h3-4,6,9,16H,1-2,5,7H2,(H,17,18)(H2,14,15,19). The van der Waals surface area contributed by atoms with Gasteiger partial charge in [-0.1, -0.05) is 0 Å². The van der Waals surface area contributed by atoms with Crippen LogP contribution >= 0.6 is 0 Å². The predicted octanol–water partition coefficient (Wildman–Crippen LogP) is 1.39. The van der Waals surface area contributed by atoms with Crippen LogP contribution in [0.2, 0.25) is 0 Å². The van der Waals surface area contributed by atoms with Gasteiger partial charge in [-0.3, -0.25) is 0 Å². The van der Waals surface area contributed by atoms with Crippen LogP contribution in [0.3, 0.4) is 0 Å². The van der Waals surface area contributed by atoms with Crippen molar-refractivity contribution < 1.29 is 24.5 Å². The Bertz CT molecular complexity index is 511. The first-order valence-electron chi connectivity index (χ1n) is 6.29. The van der Waals surface area contributed by atoms with Crippen LogP contribution in [0.4, 0.5) is 10.5 Å². The number of ether oxygens (including phenoxy) is 1. The first-order chi connectivity index (χ1) is 9.56. The second kappa shape index (κ2) is 6.25. The van der Waals surface area contributed by atoms with E-state index in [4.69, 9.17) is 9.84 Å². The van der Waals surface area contributed by atoms with Gasteiger partial charge in [0.05, 0.1) is 17.4 Å². The first-order valence-corrected chi connectivity index (χ1v) is 6.29. The molecule has 1 aromatic carbocycles. The highest BCUT2D eigenvalue weighted by Crippen LogP contribution is 2.24. The SMILES string of the molecule is O=C(NCC1CCCO1)Nc1ccc(C(=O)O)cc1O. The van der Waals surface area contributed by atoms with Crippen molar-refractivity contribution in [1.29, 1.82) is 0 Å². The summed E-state index contributed by atoms with van der Waals surface area (Å²) >= 11 is 0. The van der Waals surface area contributed by atoms with Gasteiger partial charge in [0.15, 0.2) is 0 Å². The van der Waals surface area contributed by atoms with Crippen LogP contribution in [0.15, 0.2) is 18.2 Å². The van der Waals surface area contributed by atoms with Crippen molar-refractivity contribution in [3.05, 3.63) is 23.8 Å². The van der Waals surface area contributed by atoms with E-state index in [1.807, 2.05) is 0 Å². The Morgan fingerprint density at radius 3 is 2.80 bits per heavy atom. The van der Waals surface area contributed by atoms with Crippen molar-refractivity contribution in [2.45, 2.75) is 18.9 Å². The number of phenolic OH excluding ortho intramolecular Hbond substituents is 1. The van der Waals surface area contributed by atoms with Crippen molar-refractivity contribution in [3.8, 4) is 5.75 Å². The van der Waals surface area contributed by atoms with Gasteiger partial charge < -0.3 is 25.6 Å². The molecule has 1 fully saturated rings. The minimum atomic E-state index is -1.14. The average molecular weight is 280 g/mol. The lowest BCUT2D eigenvalue weighted by molar-refractivity contribution is 0.0696. The Morgan fingerprint density at radius 1 is 1.40 bits per heavy atom. The van der Waals surface area contributed by atoms with Gasteiger partial charge in [0.25, 0.3) is 0 Å². The molecule has 1 unspecified atom stereocenters. The minimum absolute atomic E-state index is 0.0312. The third-order valence-corrected chi connectivity index (χ3v) is 3.01. The first kappa shape index (κ1) is 14.1. The van der Waals surface area contributed by atoms with Crippen molar-refractivity contribution in [2.24, 2.45) is 0 Å². The normalized spacial score (nSPS) is 17.7. The molecule has 7 nitrogen and oxygen atoms in total. The smallest absolute Gasteiger partial charge is 0.335 e. The molecule has 0 bridgehead atoms. The average Bonchev–Trinajstić information content (AvgIpc) is 2.91. The number of rotatable bonds is 4. The molecular formula is C13H16N2O5. The third kappa shape index (κ3) is 3.61. The van der Waals surface area contributed by atoms with Crippen LogP contribution in [0.25, 0.3) is 0 Å². The number of hydrogen-bond donors (Lipinski definition) is 4. The van der Waals surface area contributed by atoms with Crippen LogP contribution < -0.4 is 10.6 Å². The van der Waals surface area contributed by atoms with Gasteiger partial charge in [0.1, 0.15) is 5.75 Å². The fourth-order valence-corrected chi connectivity index (χ4v) is 1.95. The van der Waals surface area contributed by atoms with E-state index in [-0.39, 0.29) is 23.1 Å². The molecule has 2 amide bonds. The summed E-state index contributed by atoms with van der Waals surface area (Å²) < 4.78 is 5.36. The molecule has 1 atom stereocenters. The molecule has 0 saturated carbocycles. The molecule has 0 aromatic heterocycles. The number of carbonyl (C=O) groups excluding carboxylic acids is 1. The van der Waals surface area contributed by atoms with Gasteiger partial charge in [0.2, 0.25) is 0 Å². The van der Waals surface area contributed by atoms with Crippen molar-refractivity contribution >= 4 is 17.7 Å². The molecule has 1 aliphatic rings. The second-order valence-corrected chi connectivity index (χ2v) is 4.51. The van der Waals surface area contributed by atoms with Gasteiger partial charge in [-0.15, -0.1) is 0 Å². The maximum Gasteiger partial charge on any atom is 0.335 e. The molecule has 20 heavy (non-hydrogen) atoms. The summed E-state index contributed by atoms with van der Waals surface area (Å²) in [6.07, 6.45) is 1.94. The molecule has 1 aliphatic heterocycles. The number of urea groups is 1. The quantitative estimate of drug-likeness (QED) is 0.623. The van der Waals surface area contributed by atoms with Crippen LogP contribution in [-0.2, 0) is 4.74 Å². The Hall–Kier alpha value is -2.28. The van der Waals surface area contributed by atoms with E-state index in [0.29, 0.717) is 13.2 Å². The molecular weight excluding hydrogens is 264 g/mol. The van der Waals surface area contributed by atoms with E-state index in [1.54, 1.807) is 0 Å². The Morgan fingerprint density at radius 2 is 2.20 bits per heavy atom. The molecule has 2 rings (SSSR count). The summed E-state index contributed by atoms with van der Waals surface area (Å²) in [4.78, 5) is 22.3. The molecule has 108 valence electrons. The summed E-state index contributed by atoms with van der Waals surface area (Å²) in [5.41, 5.74) is 0.104. The lowest BCUT2D eigenvalue weighted by atomic mass is 10.2. The Balaban J connectivity index is 1.88. The van der Waals surface area contributed by atoms with Gasteiger partial charge in [-0.25, -0.2) is 9.59 Å². The highest BCUT2D eigenvalue weighted by molar-refractivity contribution is 5.93. The molecule has 0 spiro atoms. The second-order valence-electron chi connectivity index (χ2n) is 4.51. The van der Waals surface area contributed by atoms with Crippen LogP contribution in [0.5, 0.6) is 5.75 Å². The molecule has 1 saturated heterocycles. The van der Waals surface area contributed by atoms with Crippen molar-refractivity contribution in [1.82, 2.24) is 5.32 Å². The number of phenols is 1. The number of carboxylic acid groups (broad SMARTS) is 1. The topological polar surface area (TPSA) is 108 Å². The van der Waals surface area contributed by atoms with Gasteiger partial charge >= 0.3 is 12.0 Å². The summed E-state index contributed by atoms with van der Waals surface area (Å²) in [6, 6.07) is 3.25. The monoisotopic (exact) mass is 280 g/mol. The molecule has 7 heteroatoms. The number of anilines is 1. The number of carbonyl (C=O) groups is 2. The Labute approximate surface area is 115 Å². The highest BCUT2D eigenvalue weighted by Gasteiger charge is 2.16. The van der Waals surface area contributed by atoms with Gasteiger partial charge in [-0.2, -0.15) is 0 Å². The zero-order valence-corrected chi connectivity index (χ0v) is 10.8. The largest absolute Gasteiger partial charge is 0.506 e. The van der Waals surface area contributed by atoms with E-state index in [9.17, 15) is 14.7 Å². The van der Waals surface area contributed by atoms with Gasteiger partial charge in [-0.05, 0) is 31.0 Å².